The van der Waals surface area contributed by atoms with Gasteiger partial charge in [0, 0.05) is 51.7 Å². The van der Waals surface area contributed by atoms with Gasteiger partial charge in [-0.1, -0.05) is 30.3 Å². The van der Waals surface area contributed by atoms with Crippen LogP contribution in [-0.4, -0.2) is 76.2 Å². The number of aliphatic hydroxyl groups is 1. The summed E-state index contributed by atoms with van der Waals surface area (Å²) in [6, 6.07) is 13.0. The maximum atomic E-state index is 9.81. The Morgan fingerprint density at radius 3 is 2.61 bits per heavy atom. The lowest BCUT2D eigenvalue weighted by atomic mass is 9.96. The normalized spacial score (nSPS) is 25.2. The smallest absolute Gasteiger partial charge is 0.0899 e. The second-order valence-electron chi connectivity index (χ2n) is 7.96. The van der Waals surface area contributed by atoms with Gasteiger partial charge < -0.3 is 14.7 Å². The predicted molar refractivity (Wildman–Crippen MR) is 109 cm³/mol. The molecule has 0 unspecified atom stereocenters. The van der Waals surface area contributed by atoms with Gasteiger partial charge in [0.15, 0.2) is 0 Å². The summed E-state index contributed by atoms with van der Waals surface area (Å²) in [4.78, 5) is 5.05. The fraction of sp³-hybridized carbons (Fsp3) is 0.591. The molecule has 4 rings (SSSR count). The zero-order valence-corrected chi connectivity index (χ0v) is 16.6. The fourth-order valence-electron chi connectivity index (χ4n) is 4.49. The number of hydrogen-bond acceptors (Lipinski definition) is 5. The molecule has 6 heteroatoms. The number of ether oxygens (including phenoxy) is 1. The van der Waals surface area contributed by atoms with Crippen LogP contribution in [0.5, 0.6) is 0 Å². The molecule has 2 fully saturated rings. The van der Waals surface area contributed by atoms with E-state index in [2.05, 4.69) is 45.2 Å². The maximum Gasteiger partial charge on any atom is 0.0899 e. The second-order valence-corrected chi connectivity index (χ2v) is 7.96. The molecule has 1 N–H and O–H groups in total. The highest BCUT2D eigenvalue weighted by molar-refractivity contribution is 5.21. The van der Waals surface area contributed by atoms with E-state index in [0.29, 0.717) is 0 Å². The second kappa shape index (κ2) is 9.65. The van der Waals surface area contributed by atoms with Crippen LogP contribution in [0.1, 0.15) is 30.9 Å². The molecular weight excluding hydrogens is 352 g/mol. The topological polar surface area (TPSA) is 53.8 Å². The molecule has 0 aliphatic carbocycles. The van der Waals surface area contributed by atoms with E-state index in [-0.39, 0.29) is 18.2 Å². The first-order valence-corrected chi connectivity index (χ1v) is 10.6. The average molecular weight is 385 g/mol. The largest absolute Gasteiger partial charge is 0.393 e. The summed E-state index contributed by atoms with van der Waals surface area (Å²) in [6.07, 6.45) is 6.72. The zero-order valence-electron chi connectivity index (χ0n) is 16.6. The van der Waals surface area contributed by atoms with E-state index >= 15 is 0 Å². The van der Waals surface area contributed by atoms with Crippen LogP contribution in [0.3, 0.4) is 0 Å². The number of aryl methyl sites for hydroxylation is 1. The van der Waals surface area contributed by atoms with Crippen molar-refractivity contribution in [1.82, 2.24) is 19.6 Å². The van der Waals surface area contributed by atoms with Crippen LogP contribution < -0.4 is 0 Å². The summed E-state index contributed by atoms with van der Waals surface area (Å²) in [5.74, 6) is 0. The van der Waals surface area contributed by atoms with Crippen molar-refractivity contribution in [2.75, 3.05) is 39.3 Å². The first kappa shape index (κ1) is 19.6. The van der Waals surface area contributed by atoms with Crippen molar-refractivity contribution < 1.29 is 9.84 Å². The molecule has 3 heterocycles. The van der Waals surface area contributed by atoms with Crippen molar-refractivity contribution in [3.05, 3.63) is 54.4 Å². The lowest BCUT2D eigenvalue weighted by Crippen LogP contribution is -2.51. The molecule has 0 radical (unpaired) electrons. The van der Waals surface area contributed by atoms with Crippen LogP contribution in [0.25, 0.3) is 0 Å². The Hall–Kier alpha value is -1.73. The van der Waals surface area contributed by atoms with Crippen molar-refractivity contribution in [2.24, 2.45) is 0 Å². The number of likely N-dealkylation sites (tertiary alicyclic amines) is 1. The van der Waals surface area contributed by atoms with Gasteiger partial charge in [0.05, 0.1) is 24.9 Å². The molecule has 6 nitrogen and oxygen atoms in total. The number of piperidine rings is 1. The van der Waals surface area contributed by atoms with Crippen molar-refractivity contribution in [3.8, 4) is 0 Å². The van der Waals surface area contributed by atoms with E-state index in [4.69, 9.17) is 4.74 Å². The maximum absolute atomic E-state index is 9.81. The minimum absolute atomic E-state index is 0.132. The Labute approximate surface area is 167 Å². The van der Waals surface area contributed by atoms with E-state index in [9.17, 15) is 5.11 Å². The summed E-state index contributed by atoms with van der Waals surface area (Å²) in [7, 11) is 0. The zero-order chi connectivity index (χ0) is 19.2. The molecule has 28 heavy (non-hydrogen) atoms. The molecule has 2 aliphatic heterocycles. The van der Waals surface area contributed by atoms with Crippen LogP contribution in [0, 0.1) is 0 Å². The molecule has 0 saturated carbocycles. The van der Waals surface area contributed by atoms with Crippen molar-refractivity contribution in [2.45, 2.75) is 44.1 Å². The lowest BCUT2D eigenvalue weighted by molar-refractivity contribution is -0.0890. The highest BCUT2D eigenvalue weighted by atomic mass is 16.5. The molecule has 0 amide bonds. The minimum atomic E-state index is -0.132. The van der Waals surface area contributed by atoms with Crippen LogP contribution in [0.15, 0.2) is 48.8 Å². The standard InChI is InChI=1S/C22H32N4O2/c27-20-8-14-24(15-9-20)18-21-22(19-6-2-1-3-7-19)25(16-17-28-21)11-5-13-26-12-4-10-23-26/h1-4,6-7,10,12,20-22,27H,5,8-9,11,13-18H2/t21-,22-/m0/s1. The first-order chi connectivity index (χ1) is 13.8. The molecule has 2 saturated heterocycles. The number of aliphatic hydroxyl groups excluding tert-OH is 1. The van der Waals surface area contributed by atoms with Crippen LogP contribution in [0.2, 0.25) is 0 Å². The highest BCUT2D eigenvalue weighted by Crippen LogP contribution is 2.31. The summed E-state index contributed by atoms with van der Waals surface area (Å²) in [6.45, 7) is 6.59. The van der Waals surface area contributed by atoms with Gasteiger partial charge in [-0.3, -0.25) is 9.58 Å². The summed E-state index contributed by atoms with van der Waals surface area (Å²) in [5, 5.41) is 14.1. The molecule has 0 bridgehead atoms. The number of morpholine rings is 1. The fourth-order valence-corrected chi connectivity index (χ4v) is 4.49. The number of rotatable bonds is 7. The highest BCUT2D eigenvalue weighted by Gasteiger charge is 2.35. The van der Waals surface area contributed by atoms with Crippen LogP contribution >= 0.6 is 0 Å². The van der Waals surface area contributed by atoms with Gasteiger partial charge in [0.2, 0.25) is 0 Å². The van der Waals surface area contributed by atoms with E-state index in [1.165, 1.54) is 5.56 Å². The van der Waals surface area contributed by atoms with Crippen molar-refractivity contribution in [1.29, 1.82) is 0 Å². The van der Waals surface area contributed by atoms with Gasteiger partial charge in [-0.15, -0.1) is 0 Å². The SMILES string of the molecule is OC1CCN(C[C@@H]2OCCN(CCCn3cccn3)[C@H]2c2ccccc2)CC1. The third-order valence-corrected chi connectivity index (χ3v) is 5.98. The number of aromatic nitrogens is 2. The van der Waals surface area contributed by atoms with Gasteiger partial charge in [-0.2, -0.15) is 5.10 Å². The molecule has 152 valence electrons. The Bertz CT molecular complexity index is 686. The van der Waals surface area contributed by atoms with Gasteiger partial charge in [-0.05, 0) is 30.9 Å². The molecule has 2 atom stereocenters. The van der Waals surface area contributed by atoms with Crippen molar-refractivity contribution in [3.63, 3.8) is 0 Å². The lowest BCUT2D eigenvalue weighted by Gasteiger charge is -2.44. The summed E-state index contributed by atoms with van der Waals surface area (Å²) < 4.78 is 8.30. The van der Waals surface area contributed by atoms with Gasteiger partial charge in [0.25, 0.3) is 0 Å². The van der Waals surface area contributed by atoms with Crippen molar-refractivity contribution >= 4 is 0 Å². The Morgan fingerprint density at radius 2 is 1.86 bits per heavy atom. The van der Waals surface area contributed by atoms with Crippen LogP contribution in [0.4, 0.5) is 0 Å². The van der Waals surface area contributed by atoms with E-state index in [1.54, 1.807) is 0 Å². The molecule has 1 aromatic carbocycles. The van der Waals surface area contributed by atoms with Crippen LogP contribution in [-0.2, 0) is 11.3 Å². The third-order valence-electron chi connectivity index (χ3n) is 5.98. The summed E-state index contributed by atoms with van der Waals surface area (Å²) in [5.41, 5.74) is 1.34. The third kappa shape index (κ3) is 5.00. The van der Waals surface area contributed by atoms with Gasteiger partial charge >= 0.3 is 0 Å². The monoisotopic (exact) mass is 384 g/mol. The molecule has 2 aromatic rings. The molecule has 2 aliphatic rings. The Kier molecular flexibility index (Phi) is 6.75. The van der Waals surface area contributed by atoms with E-state index < -0.39 is 0 Å². The number of hydrogen-bond donors (Lipinski definition) is 1. The minimum Gasteiger partial charge on any atom is -0.393 e. The number of benzene rings is 1. The van der Waals surface area contributed by atoms with Gasteiger partial charge in [0.1, 0.15) is 0 Å². The Balaban J connectivity index is 1.43. The molecular formula is C22H32N4O2. The molecule has 1 aromatic heterocycles. The Morgan fingerprint density at radius 1 is 1.04 bits per heavy atom. The van der Waals surface area contributed by atoms with E-state index in [0.717, 1.165) is 65.1 Å². The van der Waals surface area contributed by atoms with E-state index in [1.807, 2.05) is 23.1 Å². The molecule has 0 spiro atoms. The van der Waals surface area contributed by atoms with Gasteiger partial charge in [-0.25, -0.2) is 0 Å². The first-order valence-electron chi connectivity index (χ1n) is 10.6. The quantitative estimate of drug-likeness (QED) is 0.793. The predicted octanol–water partition coefficient (Wildman–Crippen LogP) is 2.17. The number of nitrogens with zero attached hydrogens (tertiary/aromatic N) is 4. The summed E-state index contributed by atoms with van der Waals surface area (Å²) >= 11 is 0. The average Bonchev–Trinajstić information content (AvgIpc) is 3.24.